The Bertz CT molecular complexity index is 917. The fourth-order valence-electron chi connectivity index (χ4n) is 2.57. The van der Waals surface area contributed by atoms with Crippen molar-refractivity contribution in [3.05, 3.63) is 44.8 Å². The predicted octanol–water partition coefficient (Wildman–Crippen LogP) is 2.87. The van der Waals surface area contributed by atoms with Gasteiger partial charge in [0.15, 0.2) is 11.5 Å². The molecular formula is C17H19N3O3S. The van der Waals surface area contributed by atoms with E-state index in [0.717, 1.165) is 23.5 Å². The summed E-state index contributed by atoms with van der Waals surface area (Å²) in [4.78, 5) is 21.1. The summed E-state index contributed by atoms with van der Waals surface area (Å²) in [6.07, 6.45) is 3.34. The van der Waals surface area contributed by atoms with E-state index in [4.69, 9.17) is 9.47 Å². The van der Waals surface area contributed by atoms with Crippen LogP contribution in [0, 0.1) is 0 Å². The Hall–Kier alpha value is -2.41. The first-order chi connectivity index (χ1) is 11.7. The Labute approximate surface area is 143 Å². The molecule has 2 aromatic heterocycles. The minimum atomic E-state index is -0.167. The summed E-state index contributed by atoms with van der Waals surface area (Å²) in [6.45, 7) is 2.54. The molecule has 0 fully saturated rings. The predicted molar refractivity (Wildman–Crippen MR) is 94.3 cm³/mol. The van der Waals surface area contributed by atoms with Crippen molar-refractivity contribution in [1.29, 1.82) is 0 Å². The monoisotopic (exact) mass is 345 g/mol. The van der Waals surface area contributed by atoms with Crippen LogP contribution in [0.4, 0.5) is 0 Å². The van der Waals surface area contributed by atoms with E-state index < -0.39 is 0 Å². The maximum absolute atomic E-state index is 12.3. The van der Waals surface area contributed by atoms with E-state index in [0.29, 0.717) is 29.1 Å². The minimum Gasteiger partial charge on any atom is -0.493 e. The molecular weight excluding hydrogens is 326 g/mol. The standard InChI is InChI=1S/C17H19N3O3S/c1-4-5-16-19-11(10-24-16)9-20-13-7-15(23-3)14(22-2)6-12(13)18-8-17(20)21/h6-8,10H,4-5,9H2,1-3H3. The second-order valence-corrected chi connectivity index (χ2v) is 6.30. The van der Waals surface area contributed by atoms with Gasteiger partial charge >= 0.3 is 0 Å². The summed E-state index contributed by atoms with van der Waals surface area (Å²) >= 11 is 1.63. The van der Waals surface area contributed by atoms with Crippen LogP contribution >= 0.6 is 11.3 Å². The van der Waals surface area contributed by atoms with Gasteiger partial charge in [0.05, 0.1) is 48.7 Å². The van der Waals surface area contributed by atoms with Gasteiger partial charge in [-0.2, -0.15) is 0 Å². The van der Waals surface area contributed by atoms with Crippen molar-refractivity contribution in [1.82, 2.24) is 14.5 Å². The number of aromatic nitrogens is 3. The summed E-state index contributed by atoms with van der Waals surface area (Å²) in [5, 5.41) is 3.10. The van der Waals surface area contributed by atoms with Crippen molar-refractivity contribution >= 4 is 22.4 Å². The van der Waals surface area contributed by atoms with Crippen LogP contribution in [0.15, 0.2) is 28.5 Å². The van der Waals surface area contributed by atoms with Gasteiger partial charge in [-0.1, -0.05) is 6.92 Å². The van der Waals surface area contributed by atoms with E-state index in [1.807, 2.05) is 5.38 Å². The Kier molecular flexibility index (Phi) is 4.80. The molecule has 7 heteroatoms. The van der Waals surface area contributed by atoms with Crippen LogP contribution in [0.3, 0.4) is 0 Å². The number of benzene rings is 1. The van der Waals surface area contributed by atoms with Gasteiger partial charge in [0.1, 0.15) is 0 Å². The van der Waals surface area contributed by atoms with E-state index in [9.17, 15) is 4.79 Å². The maximum atomic E-state index is 12.3. The summed E-state index contributed by atoms with van der Waals surface area (Å²) in [5.41, 5.74) is 2.09. The molecule has 0 aliphatic carbocycles. The van der Waals surface area contributed by atoms with Crippen molar-refractivity contribution in [2.75, 3.05) is 14.2 Å². The Balaban J connectivity index is 2.08. The molecule has 0 aliphatic rings. The topological polar surface area (TPSA) is 66.2 Å². The molecule has 1 aromatic carbocycles. The van der Waals surface area contributed by atoms with Gasteiger partial charge in [0, 0.05) is 17.5 Å². The number of methoxy groups -OCH3 is 2. The first-order valence-electron chi connectivity index (χ1n) is 7.71. The lowest BCUT2D eigenvalue weighted by Gasteiger charge is -2.12. The van der Waals surface area contributed by atoms with Crippen LogP contribution in [0.2, 0.25) is 0 Å². The number of thiazole rings is 1. The Morgan fingerprint density at radius 3 is 2.67 bits per heavy atom. The smallest absolute Gasteiger partial charge is 0.269 e. The van der Waals surface area contributed by atoms with Gasteiger partial charge in [-0.25, -0.2) is 9.97 Å². The van der Waals surface area contributed by atoms with Gasteiger partial charge < -0.3 is 9.47 Å². The number of hydrogen-bond acceptors (Lipinski definition) is 6. The highest BCUT2D eigenvalue weighted by atomic mass is 32.1. The van der Waals surface area contributed by atoms with E-state index in [1.165, 1.54) is 6.20 Å². The maximum Gasteiger partial charge on any atom is 0.269 e. The van der Waals surface area contributed by atoms with E-state index in [2.05, 4.69) is 16.9 Å². The van der Waals surface area contributed by atoms with Crippen molar-refractivity contribution in [2.24, 2.45) is 0 Å². The van der Waals surface area contributed by atoms with Crippen molar-refractivity contribution in [3.63, 3.8) is 0 Å². The van der Waals surface area contributed by atoms with E-state index >= 15 is 0 Å². The van der Waals surface area contributed by atoms with Crippen LogP contribution in [-0.4, -0.2) is 28.8 Å². The van der Waals surface area contributed by atoms with Gasteiger partial charge in [-0.3, -0.25) is 9.36 Å². The number of rotatable bonds is 6. The average molecular weight is 345 g/mol. The first kappa shape index (κ1) is 16.4. The zero-order chi connectivity index (χ0) is 17.1. The van der Waals surface area contributed by atoms with Crippen molar-refractivity contribution in [3.8, 4) is 11.5 Å². The third-order valence-corrected chi connectivity index (χ3v) is 4.69. The molecule has 0 radical (unpaired) electrons. The largest absolute Gasteiger partial charge is 0.493 e. The normalized spacial score (nSPS) is 11.0. The molecule has 0 saturated carbocycles. The zero-order valence-electron chi connectivity index (χ0n) is 13.9. The van der Waals surface area contributed by atoms with Crippen LogP contribution in [0.25, 0.3) is 11.0 Å². The number of nitrogens with zero attached hydrogens (tertiary/aromatic N) is 3. The van der Waals surface area contributed by atoms with E-state index in [1.54, 1.807) is 42.3 Å². The molecule has 0 spiro atoms. The fourth-order valence-corrected chi connectivity index (χ4v) is 3.46. The number of aryl methyl sites for hydroxylation is 1. The number of hydrogen-bond donors (Lipinski definition) is 0. The van der Waals surface area contributed by atoms with Crippen LogP contribution in [0.5, 0.6) is 11.5 Å². The fraction of sp³-hybridized carbons (Fsp3) is 0.353. The SMILES string of the molecule is CCCc1nc(Cn2c(=O)cnc3cc(OC)c(OC)cc32)cs1. The third kappa shape index (κ3) is 3.12. The molecule has 0 N–H and O–H groups in total. The molecule has 126 valence electrons. The number of fused-ring (bicyclic) bond motifs is 1. The molecule has 3 aromatic rings. The molecule has 0 unspecified atom stereocenters. The molecule has 0 amide bonds. The quantitative estimate of drug-likeness (QED) is 0.687. The van der Waals surface area contributed by atoms with Gasteiger partial charge in [-0.15, -0.1) is 11.3 Å². The molecule has 0 aliphatic heterocycles. The summed E-state index contributed by atoms with van der Waals surface area (Å²) in [7, 11) is 3.14. The second-order valence-electron chi connectivity index (χ2n) is 5.36. The Morgan fingerprint density at radius 2 is 1.96 bits per heavy atom. The van der Waals surface area contributed by atoms with Gasteiger partial charge in [0.2, 0.25) is 0 Å². The van der Waals surface area contributed by atoms with Crippen LogP contribution in [0.1, 0.15) is 24.0 Å². The van der Waals surface area contributed by atoms with E-state index in [-0.39, 0.29) is 5.56 Å². The molecule has 0 saturated heterocycles. The molecule has 6 nitrogen and oxygen atoms in total. The molecule has 0 bridgehead atoms. The Morgan fingerprint density at radius 1 is 1.21 bits per heavy atom. The number of ether oxygens (including phenoxy) is 2. The lowest BCUT2D eigenvalue weighted by Crippen LogP contribution is -2.21. The van der Waals surface area contributed by atoms with Crippen molar-refractivity contribution in [2.45, 2.75) is 26.3 Å². The lowest BCUT2D eigenvalue weighted by molar-refractivity contribution is 0.355. The third-order valence-electron chi connectivity index (χ3n) is 3.73. The molecule has 3 rings (SSSR count). The first-order valence-corrected chi connectivity index (χ1v) is 8.59. The highest BCUT2D eigenvalue weighted by Crippen LogP contribution is 2.30. The highest BCUT2D eigenvalue weighted by molar-refractivity contribution is 7.09. The summed E-state index contributed by atoms with van der Waals surface area (Å²) in [5.74, 6) is 1.15. The second kappa shape index (κ2) is 7.00. The molecule has 0 atom stereocenters. The van der Waals surface area contributed by atoms with Gasteiger partial charge in [-0.05, 0) is 12.8 Å². The minimum absolute atomic E-state index is 0.167. The highest BCUT2D eigenvalue weighted by Gasteiger charge is 2.12. The zero-order valence-corrected chi connectivity index (χ0v) is 14.7. The van der Waals surface area contributed by atoms with Crippen LogP contribution < -0.4 is 15.0 Å². The molecule has 2 heterocycles. The molecule has 24 heavy (non-hydrogen) atoms. The summed E-state index contributed by atoms with van der Waals surface area (Å²) in [6, 6.07) is 3.55. The van der Waals surface area contributed by atoms with Crippen molar-refractivity contribution < 1.29 is 9.47 Å². The van der Waals surface area contributed by atoms with Crippen LogP contribution in [-0.2, 0) is 13.0 Å². The lowest BCUT2D eigenvalue weighted by atomic mass is 10.2. The summed E-state index contributed by atoms with van der Waals surface area (Å²) < 4.78 is 12.3. The average Bonchev–Trinajstić information content (AvgIpc) is 3.04. The van der Waals surface area contributed by atoms with Gasteiger partial charge in [0.25, 0.3) is 5.56 Å².